The van der Waals surface area contributed by atoms with Crippen LogP contribution in [-0.2, 0) is 4.74 Å². The zero-order valence-electron chi connectivity index (χ0n) is 14.3. The van der Waals surface area contributed by atoms with Crippen molar-refractivity contribution in [1.29, 1.82) is 0 Å². The topological polar surface area (TPSA) is 32.7 Å². The Labute approximate surface area is 144 Å². The molecule has 2 aromatic carbocycles. The largest absolute Gasteiger partial charge is 0.387 e. The number of hydrogen-bond acceptors (Lipinski definition) is 3. The fraction of sp³-hybridized carbons (Fsp3) is 0.524. The van der Waals surface area contributed by atoms with Crippen LogP contribution >= 0.6 is 0 Å². The van der Waals surface area contributed by atoms with Crippen LogP contribution in [0.5, 0.6) is 0 Å². The second kappa shape index (κ2) is 7.22. The van der Waals surface area contributed by atoms with E-state index >= 15 is 0 Å². The molecule has 3 heteroatoms. The fourth-order valence-corrected chi connectivity index (χ4v) is 4.36. The van der Waals surface area contributed by atoms with E-state index in [0.29, 0.717) is 12.5 Å². The van der Waals surface area contributed by atoms with Gasteiger partial charge in [-0.1, -0.05) is 49.2 Å². The van der Waals surface area contributed by atoms with E-state index in [0.717, 1.165) is 31.9 Å². The lowest BCUT2D eigenvalue weighted by Crippen LogP contribution is -2.38. The van der Waals surface area contributed by atoms with Gasteiger partial charge in [0.2, 0.25) is 0 Å². The first-order valence-electron chi connectivity index (χ1n) is 9.32. The first-order chi connectivity index (χ1) is 11.8. The smallest absolute Gasteiger partial charge is 0.0922 e. The van der Waals surface area contributed by atoms with Crippen LogP contribution in [0.15, 0.2) is 36.4 Å². The number of ether oxygens (including phenoxy) is 1. The van der Waals surface area contributed by atoms with Gasteiger partial charge in [-0.25, -0.2) is 0 Å². The molecule has 1 saturated heterocycles. The summed E-state index contributed by atoms with van der Waals surface area (Å²) in [6.45, 7) is 4.06. The van der Waals surface area contributed by atoms with Gasteiger partial charge in [0.05, 0.1) is 19.3 Å². The normalized spacial score (nSPS) is 21.4. The summed E-state index contributed by atoms with van der Waals surface area (Å²) >= 11 is 0. The lowest BCUT2D eigenvalue weighted by atomic mass is 9.89. The first kappa shape index (κ1) is 16.1. The minimum atomic E-state index is -0.439. The van der Waals surface area contributed by atoms with Crippen molar-refractivity contribution in [3.05, 3.63) is 47.5 Å². The molecule has 2 aromatic rings. The van der Waals surface area contributed by atoms with Crippen molar-refractivity contribution in [1.82, 2.24) is 4.90 Å². The molecule has 128 valence electrons. The molecule has 24 heavy (non-hydrogen) atoms. The molecule has 1 heterocycles. The Morgan fingerprint density at radius 3 is 2.46 bits per heavy atom. The summed E-state index contributed by atoms with van der Waals surface area (Å²) < 4.78 is 5.41. The highest BCUT2D eigenvalue weighted by Crippen LogP contribution is 2.39. The Bertz CT molecular complexity index is 687. The van der Waals surface area contributed by atoms with E-state index in [1.165, 1.54) is 42.0 Å². The van der Waals surface area contributed by atoms with Crippen LogP contribution in [-0.4, -0.2) is 42.9 Å². The van der Waals surface area contributed by atoms with Gasteiger partial charge in [-0.15, -0.1) is 0 Å². The number of aliphatic hydroxyl groups excluding tert-OH is 1. The van der Waals surface area contributed by atoms with Crippen molar-refractivity contribution in [2.45, 2.75) is 37.7 Å². The molecule has 0 spiro atoms. The van der Waals surface area contributed by atoms with Crippen LogP contribution in [0, 0.1) is 0 Å². The third kappa shape index (κ3) is 3.21. The third-order valence-corrected chi connectivity index (χ3v) is 5.68. The standard InChI is InChI=1S/C21H27NO2/c23-21(15-22-11-13-24-14-12-22)20-10-9-17(16-5-1-2-6-16)18-7-3-4-8-19(18)20/h3-4,7-10,16,21,23H,1-2,5-6,11-15H2. The zero-order chi connectivity index (χ0) is 16.4. The van der Waals surface area contributed by atoms with Gasteiger partial charge in [0.1, 0.15) is 0 Å². The molecule has 1 N–H and O–H groups in total. The molecular formula is C21H27NO2. The minimum absolute atomic E-state index is 0.439. The molecule has 3 nitrogen and oxygen atoms in total. The molecule has 0 bridgehead atoms. The molecule has 1 aliphatic heterocycles. The number of benzene rings is 2. The van der Waals surface area contributed by atoms with Gasteiger partial charge in [-0.3, -0.25) is 4.90 Å². The molecule has 0 amide bonds. The minimum Gasteiger partial charge on any atom is -0.387 e. The van der Waals surface area contributed by atoms with Crippen LogP contribution in [0.3, 0.4) is 0 Å². The third-order valence-electron chi connectivity index (χ3n) is 5.68. The Balaban J connectivity index is 1.64. The van der Waals surface area contributed by atoms with Crippen molar-refractivity contribution in [2.24, 2.45) is 0 Å². The number of nitrogens with zero attached hydrogens (tertiary/aromatic N) is 1. The van der Waals surface area contributed by atoms with Crippen molar-refractivity contribution < 1.29 is 9.84 Å². The van der Waals surface area contributed by atoms with E-state index < -0.39 is 6.10 Å². The summed E-state index contributed by atoms with van der Waals surface area (Å²) in [6, 6.07) is 13.1. The average molecular weight is 325 g/mol. The lowest BCUT2D eigenvalue weighted by Gasteiger charge is -2.29. The monoisotopic (exact) mass is 325 g/mol. The zero-order valence-corrected chi connectivity index (χ0v) is 14.3. The Hall–Kier alpha value is -1.42. The highest BCUT2D eigenvalue weighted by molar-refractivity contribution is 5.89. The number of morpholine rings is 1. The van der Waals surface area contributed by atoms with Crippen LogP contribution < -0.4 is 0 Å². The van der Waals surface area contributed by atoms with Gasteiger partial charge in [-0.05, 0) is 40.7 Å². The van der Waals surface area contributed by atoms with Crippen LogP contribution in [0.2, 0.25) is 0 Å². The second-order valence-electron chi connectivity index (χ2n) is 7.20. The Morgan fingerprint density at radius 2 is 1.71 bits per heavy atom. The first-order valence-corrected chi connectivity index (χ1v) is 9.32. The van der Waals surface area contributed by atoms with Crippen LogP contribution in [0.4, 0.5) is 0 Å². The van der Waals surface area contributed by atoms with Gasteiger partial charge < -0.3 is 9.84 Å². The Morgan fingerprint density at radius 1 is 1.00 bits per heavy atom. The van der Waals surface area contributed by atoms with Crippen molar-refractivity contribution in [3.63, 3.8) is 0 Å². The number of rotatable bonds is 4. The number of fused-ring (bicyclic) bond motifs is 1. The van der Waals surface area contributed by atoms with E-state index in [4.69, 9.17) is 4.74 Å². The Kier molecular flexibility index (Phi) is 4.83. The van der Waals surface area contributed by atoms with E-state index in [9.17, 15) is 5.11 Å². The molecule has 1 saturated carbocycles. The molecule has 0 aromatic heterocycles. The van der Waals surface area contributed by atoms with Crippen molar-refractivity contribution in [3.8, 4) is 0 Å². The maximum atomic E-state index is 10.8. The van der Waals surface area contributed by atoms with Gasteiger partial charge in [0.15, 0.2) is 0 Å². The second-order valence-corrected chi connectivity index (χ2v) is 7.20. The van der Waals surface area contributed by atoms with Crippen LogP contribution in [0.1, 0.15) is 48.8 Å². The quantitative estimate of drug-likeness (QED) is 0.926. The number of β-amino-alcohol motifs (C(OH)–C–C–N with tert-alkyl or cyclic N) is 1. The molecule has 1 aliphatic carbocycles. The molecule has 4 rings (SSSR count). The van der Waals surface area contributed by atoms with E-state index in [1.54, 1.807) is 0 Å². The number of aliphatic hydroxyl groups is 1. The molecule has 2 fully saturated rings. The van der Waals surface area contributed by atoms with Crippen molar-refractivity contribution in [2.75, 3.05) is 32.8 Å². The lowest BCUT2D eigenvalue weighted by molar-refractivity contribution is 0.0146. The summed E-state index contributed by atoms with van der Waals surface area (Å²) in [5.74, 6) is 0.695. The molecule has 0 radical (unpaired) electrons. The summed E-state index contributed by atoms with van der Waals surface area (Å²) in [6.07, 6.45) is 4.87. The van der Waals surface area contributed by atoms with Gasteiger partial charge in [0.25, 0.3) is 0 Å². The van der Waals surface area contributed by atoms with Gasteiger partial charge >= 0.3 is 0 Å². The maximum absolute atomic E-state index is 10.8. The van der Waals surface area contributed by atoms with E-state index in [1.807, 2.05) is 0 Å². The summed E-state index contributed by atoms with van der Waals surface area (Å²) in [5, 5.41) is 13.4. The maximum Gasteiger partial charge on any atom is 0.0922 e. The SMILES string of the molecule is OC(CN1CCOCC1)c1ccc(C2CCCC2)c2ccccc12. The van der Waals surface area contributed by atoms with Crippen molar-refractivity contribution >= 4 is 10.8 Å². The predicted molar refractivity (Wildman–Crippen MR) is 97.4 cm³/mol. The van der Waals surface area contributed by atoms with Gasteiger partial charge in [0, 0.05) is 19.6 Å². The van der Waals surface area contributed by atoms with E-state index in [2.05, 4.69) is 41.3 Å². The average Bonchev–Trinajstić information content (AvgIpc) is 3.16. The highest BCUT2D eigenvalue weighted by atomic mass is 16.5. The molecular weight excluding hydrogens is 298 g/mol. The van der Waals surface area contributed by atoms with Crippen LogP contribution in [0.25, 0.3) is 10.8 Å². The predicted octanol–water partition coefficient (Wildman–Crippen LogP) is 3.86. The molecule has 1 unspecified atom stereocenters. The molecule has 2 aliphatic rings. The summed E-state index contributed by atoms with van der Waals surface area (Å²) in [5.41, 5.74) is 2.55. The number of hydrogen-bond donors (Lipinski definition) is 1. The van der Waals surface area contributed by atoms with Gasteiger partial charge in [-0.2, -0.15) is 0 Å². The summed E-state index contributed by atoms with van der Waals surface area (Å²) in [7, 11) is 0. The molecule has 1 atom stereocenters. The fourth-order valence-electron chi connectivity index (χ4n) is 4.36. The summed E-state index contributed by atoms with van der Waals surface area (Å²) in [4.78, 5) is 2.30. The van der Waals surface area contributed by atoms with E-state index in [-0.39, 0.29) is 0 Å². The highest BCUT2D eigenvalue weighted by Gasteiger charge is 2.22.